The molecule has 3 N–H and O–H groups in total. The number of carbonyl (C=O) groups excluding carboxylic acids is 1. The molecule has 19 heavy (non-hydrogen) atoms. The van der Waals surface area contributed by atoms with Crippen LogP contribution in [0.2, 0.25) is 0 Å². The predicted molar refractivity (Wildman–Crippen MR) is 78.9 cm³/mol. The predicted octanol–water partition coefficient (Wildman–Crippen LogP) is 3.00. The van der Waals surface area contributed by atoms with Crippen molar-refractivity contribution in [1.29, 1.82) is 0 Å². The largest absolute Gasteiger partial charge is 0.399 e. The minimum absolute atomic E-state index is 0.189. The molecule has 1 fully saturated rings. The van der Waals surface area contributed by atoms with Crippen molar-refractivity contribution in [2.45, 2.75) is 50.9 Å². The third-order valence-corrected chi connectivity index (χ3v) is 3.96. The van der Waals surface area contributed by atoms with Gasteiger partial charge in [-0.1, -0.05) is 38.3 Å². The van der Waals surface area contributed by atoms with Gasteiger partial charge >= 0.3 is 0 Å². The normalized spacial score (nSPS) is 16.1. The molecule has 0 spiro atoms. The summed E-state index contributed by atoms with van der Waals surface area (Å²) in [7, 11) is 0. The Morgan fingerprint density at radius 3 is 2.47 bits per heavy atom. The van der Waals surface area contributed by atoms with Gasteiger partial charge in [0.1, 0.15) is 0 Å². The first-order valence-corrected chi connectivity index (χ1v) is 7.33. The zero-order valence-electron chi connectivity index (χ0n) is 11.7. The van der Waals surface area contributed by atoms with E-state index in [1.807, 2.05) is 24.3 Å². The molecule has 0 atom stereocenters. The Morgan fingerprint density at radius 2 is 1.89 bits per heavy atom. The van der Waals surface area contributed by atoms with Gasteiger partial charge in [-0.05, 0) is 37.0 Å². The van der Waals surface area contributed by atoms with Gasteiger partial charge in [-0.15, -0.1) is 0 Å². The summed E-state index contributed by atoms with van der Waals surface area (Å²) in [5.41, 5.74) is 7.28. The number of anilines is 1. The van der Waals surface area contributed by atoms with E-state index in [4.69, 9.17) is 5.73 Å². The molecule has 0 aromatic heterocycles. The van der Waals surface area contributed by atoms with Gasteiger partial charge in [-0.2, -0.15) is 0 Å². The number of amides is 1. The summed E-state index contributed by atoms with van der Waals surface area (Å²) in [5, 5.41) is 3.09. The quantitative estimate of drug-likeness (QED) is 0.585. The molecule has 1 amide bonds. The Labute approximate surface area is 115 Å². The smallest absolute Gasteiger partial charge is 0.230 e. The highest BCUT2D eigenvalue weighted by atomic mass is 16.2. The second-order valence-corrected chi connectivity index (χ2v) is 5.52. The number of nitrogens with two attached hydrogens (primary N) is 1. The molecule has 1 aliphatic carbocycles. The topological polar surface area (TPSA) is 55.1 Å². The van der Waals surface area contributed by atoms with Crippen LogP contribution in [0.15, 0.2) is 24.3 Å². The Balaban J connectivity index is 1.86. The molecule has 0 heterocycles. The molecule has 1 aliphatic rings. The standard InChI is InChI=1S/C16H24N2O/c1-2-3-4-5-12-18-15(19)16(10-11-16)13-6-8-14(17)9-7-13/h6-9H,2-5,10-12,17H2,1H3,(H,18,19). The van der Waals surface area contributed by atoms with Crippen LogP contribution in [0.3, 0.4) is 0 Å². The van der Waals surface area contributed by atoms with Gasteiger partial charge in [0.15, 0.2) is 0 Å². The van der Waals surface area contributed by atoms with Crippen molar-refractivity contribution >= 4 is 11.6 Å². The molecular weight excluding hydrogens is 236 g/mol. The van der Waals surface area contributed by atoms with Crippen LogP contribution in [0.5, 0.6) is 0 Å². The number of carbonyl (C=O) groups is 1. The molecule has 0 bridgehead atoms. The SMILES string of the molecule is CCCCCCNC(=O)C1(c2ccc(N)cc2)CC1. The summed E-state index contributed by atoms with van der Waals surface area (Å²) in [6.07, 6.45) is 6.67. The molecule has 1 aromatic rings. The fraction of sp³-hybridized carbons (Fsp3) is 0.562. The summed E-state index contributed by atoms with van der Waals surface area (Å²) in [6.45, 7) is 2.99. The van der Waals surface area contributed by atoms with Crippen LogP contribution in [0.4, 0.5) is 5.69 Å². The van der Waals surface area contributed by atoms with Gasteiger partial charge in [0.05, 0.1) is 5.41 Å². The lowest BCUT2D eigenvalue weighted by atomic mass is 9.94. The van der Waals surface area contributed by atoms with Crippen molar-refractivity contribution in [3.05, 3.63) is 29.8 Å². The summed E-state index contributed by atoms with van der Waals surface area (Å²) < 4.78 is 0. The number of nitrogens with one attached hydrogen (secondary N) is 1. The Kier molecular flexibility index (Phi) is 4.46. The van der Waals surface area contributed by atoms with Crippen LogP contribution >= 0.6 is 0 Å². The molecule has 1 aromatic carbocycles. The van der Waals surface area contributed by atoms with Crippen molar-refractivity contribution < 1.29 is 4.79 Å². The molecule has 0 unspecified atom stereocenters. The van der Waals surface area contributed by atoms with Crippen molar-refractivity contribution in [2.24, 2.45) is 0 Å². The van der Waals surface area contributed by atoms with Crippen LogP contribution < -0.4 is 11.1 Å². The van der Waals surface area contributed by atoms with Crippen molar-refractivity contribution in [2.75, 3.05) is 12.3 Å². The van der Waals surface area contributed by atoms with E-state index < -0.39 is 0 Å². The first-order valence-electron chi connectivity index (χ1n) is 7.33. The number of rotatable bonds is 7. The van der Waals surface area contributed by atoms with Crippen molar-refractivity contribution in [3.63, 3.8) is 0 Å². The molecule has 104 valence electrons. The van der Waals surface area contributed by atoms with E-state index in [1.165, 1.54) is 19.3 Å². The minimum atomic E-state index is -0.265. The second kappa shape index (κ2) is 6.09. The van der Waals surface area contributed by atoms with Gasteiger partial charge in [0.25, 0.3) is 0 Å². The summed E-state index contributed by atoms with van der Waals surface area (Å²) in [6, 6.07) is 7.73. The van der Waals surface area contributed by atoms with Crippen molar-refractivity contribution in [1.82, 2.24) is 5.32 Å². The average molecular weight is 260 g/mol. The van der Waals surface area contributed by atoms with Crippen LogP contribution in [0.1, 0.15) is 51.0 Å². The molecule has 0 saturated heterocycles. The van der Waals surface area contributed by atoms with Gasteiger partial charge in [-0.25, -0.2) is 0 Å². The zero-order valence-corrected chi connectivity index (χ0v) is 11.7. The number of nitrogen functional groups attached to an aromatic ring is 1. The van der Waals surface area contributed by atoms with Gasteiger partial charge in [0, 0.05) is 12.2 Å². The third kappa shape index (κ3) is 3.28. The maximum atomic E-state index is 12.3. The fourth-order valence-corrected chi connectivity index (χ4v) is 2.50. The van der Waals surface area contributed by atoms with Crippen LogP contribution in [-0.2, 0) is 10.2 Å². The van der Waals surface area contributed by atoms with E-state index in [9.17, 15) is 4.79 Å². The first-order chi connectivity index (χ1) is 9.19. The molecule has 0 aliphatic heterocycles. The van der Waals surface area contributed by atoms with Crippen LogP contribution in [-0.4, -0.2) is 12.5 Å². The highest BCUT2D eigenvalue weighted by Crippen LogP contribution is 2.48. The third-order valence-electron chi connectivity index (χ3n) is 3.96. The molecule has 0 radical (unpaired) electrons. The monoisotopic (exact) mass is 260 g/mol. The van der Waals surface area contributed by atoms with E-state index in [2.05, 4.69) is 12.2 Å². The van der Waals surface area contributed by atoms with Gasteiger partial charge in [-0.3, -0.25) is 4.79 Å². The lowest BCUT2D eigenvalue weighted by Crippen LogP contribution is -2.35. The van der Waals surface area contributed by atoms with Crippen LogP contribution in [0, 0.1) is 0 Å². The van der Waals surface area contributed by atoms with Gasteiger partial charge in [0.2, 0.25) is 5.91 Å². The Hall–Kier alpha value is -1.51. The lowest BCUT2D eigenvalue weighted by Gasteiger charge is -2.16. The molecular formula is C16H24N2O. The highest BCUT2D eigenvalue weighted by molar-refractivity contribution is 5.91. The molecule has 2 rings (SSSR count). The van der Waals surface area contributed by atoms with Crippen LogP contribution in [0.25, 0.3) is 0 Å². The Morgan fingerprint density at radius 1 is 1.21 bits per heavy atom. The molecule has 3 heteroatoms. The maximum Gasteiger partial charge on any atom is 0.230 e. The van der Waals surface area contributed by atoms with Gasteiger partial charge < -0.3 is 11.1 Å². The zero-order chi connectivity index (χ0) is 13.7. The van der Waals surface area contributed by atoms with E-state index in [0.717, 1.165) is 37.1 Å². The minimum Gasteiger partial charge on any atom is -0.399 e. The van der Waals surface area contributed by atoms with E-state index in [-0.39, 0.29) is 11.3 Å². The maximum absolute atomic E-state index is 12.3. The summed E-state index contributed by atoms with van der Waals surface area (Å²) in [4.78, 5) is 12.3. The van der Waals surface area contributed by atoms with E-state index >= 15 is 0 Å². The number of benzene rings is 1. The van der Waals surface area contributed by atoms with E-state index in [0.29, 0.717) is 0 Å². The molecule has 3 nitrogen and oxygen atoms in total. The van der Waals surface area contributed by atoms with Crippen molar-refractivity contribution in [3.8, 4) is 0 Å². The first kappa shape index (κ1) is 13.9. The summed E-state index contributed by atoms with van der Waals surface area (Å²) in [5.74, 6) is 0.189. The number of unbranched alkanes of at least 4 members (excludes halogenated alkanes) is 3. The Bertz CT molecular complexity index is 421. The average Bonchev–Trinajstić information content (AvgIpc) is 3.21. The number of hydrogen-bond donors (Lipinski definition) is 2. The summed E-state index contributed by atoms with van der Waals surface area (Å²) >= 11 is 0. The molecule has 1 saturated carbocycles. The lowest BCUT2D eigenvalue weighted by molar-refractivity contribution is -0.123. The fourth-order valence-electron chi connectivity index (χ4n) is 2.50. The van der Waals surface area contributed by atoms with E-state index in [1.54, 1.807) is 0 Å². The second-order valence-electron chi connectivity index (χ2n) is 5.52. The number of hydrogen-bond acceptors (Lipinski definition) is 2. The highest BCUT2D eigenvalue weighted by Gasteiger charge is 2.50.